The Kier molecular flexibility index (Phi) is 3.25. The van der Waals surface area contributed by atoms with Gasteiger partial charge in [0.05, 0.1) is 0 Å². The quantitative estimate of drug-likeness (QED) is 0.708. The summed E-state index contributed by atoms with van der Waals surface area (Å²) in [5.74, 6) is 0.0288. The highest BCUT2D eigenvalue weighted by atomic mass is 19.1. The highest BCUT2D eigenvalue weighted by Crippen LogP contribution is 2.12. The van der Waals surface area contributed by atoms with Gasteiger partial charge in [0.1, 0.15) is 26.0 Å². The van der Waals surface area contributed by atoms with Crippen LogP contribution in [0.25, 0.3) is 0 Å². The number of halogens is 1. The van der Waals surface area contributed by atoms with Gasteiger partial charge in [-0.25, -0.2) is 4.39 Å². The van der Waals surface area contributed by atoms with Crippen molar-refractivity contribution in [1.82, 2.24) is 0 Å². The summed E-state index contributed by atoms with van der Waals surface area (Å²) >= 11 is 0. The first-order valence-corrected chi connectivity index (χ1v) is 4.97. The van der Waals surface area contributed by atoms with Crippen LogP contribution in [0.2, 0.25) is 0 Å². The van der Waals surface area contributed by atoms with Crippen LogP contribution in [0.4, 0.5) is 4.39 Å². The predicted molar refractivity (Wildman–Crippen MR) is 62.6 cm³/mol. The summed E-state index contributed by atoms with van der Waals surface area (Å²) in [5.41, 5.74) is 1.17. The molecule has 78 valence electrons. The minimum absolute atomic E-state index is 0.132. The summed E-state index contributed by atoms with van der Waals surface area (Å²) in [6.07, 6.45) is 0. The van der Waals surface area contributed by atoms with Gasteiger partial charge in [0.25, 0.3) is 0 Å². The van der Waals surface area contributed by atoms with Crippen LogP contribution < -0.4 is 10.2 Å². The molecule has 0 saturated heterocycles. The lowest BCUT2D eigenvalue weighted by Crippen LogP contribution is -2.07. The fraction of sp³-hybridized carbons (Fsp3) is 0.0769. The van der Waals surface area contributed by atoms with Crippen molar-refractivity contribution in [2.75, 3.05) is 0 Å². The average molecular weight is 212 g/mol. The van der Waals surface area contributed by atoms with E-state index in [9.17, 15) is 4.39 Å². The second-order valence-electron chi connectivity index (χ2n) is 3.46. The third-order valence-corrected chi connectivity index (χ3v) is 2.22. The molecule has 2 aromatic carbocycles. The molecule has 2 radical (unpaired) electrons. The zero-order valence-electron chi connectivity index (χ0n) is 8.69. The molecule has 0 unspecified atom stereocenters. The molecule has 0 saturated carbocycles. The minimum atomic E-state index is -0.453. The van der Waals surface area contributed by atoms with Crippen LogP contribution in [0.5, 0.6) is 5.75 Å². The third-order valence-electron chi connectivity index (χ3n) is 2.22. The Morgan fingerprint density at radius 1 is 1.06 bits per heavy atom. The maximum Gasteiger partial charge on any atom is 0.122 e. The van der Waals surface area contributed by atoms with Gasteiger partial charge in [0, 0.05) is 6.07 Å². The second kappa shape index (κ2) is 4.84. The van der Waals surface area contributed by atoms with E-state index >= 15 is 0 Å². The van der Waals surface area contributed by atoms with E-state index < -0.39 is 5.82 Å². The molecule has 0 aliphatic heterocycles. The lowest BCUT2D eigenvalue weighted by molar-refractivity contribution is 0.305. The molecular formula is C13H10BFO. The zero-order chi connectivity index (χ0) is 11.4. The minimum Gasteiger partial charge on any atom is -0.489 e. The first-order valence-electron chi connectivity index (χ1n) is 4.97. The number of rotatable bonds is 3. The van der Waals surface area contributed by atoms with E-state index in [1.165, 1.54) is 12.1 Å². The first kappa shape index (κ1) is 10.7. The fourth-order valence-electron chi connectivity index (χ4n) is 1.34. The molecule has 3 heteroatoms. The lowest BCUT2D eigenvalue weighted by Gasteiger charge is -2.07. The molecule has 0 fully saturated rings. The van der Waals surface area contributed by atoms with E-state index in [4.69, 9.17) is 12.6 Å². The normalized spacial score (nSPS) is 10.1. The molecular weight excluding hydrogens is 202 g/mol. The lowest BCUT2D eigenvalue weighted by atomic mass is 9.96. The molecule has 2 rings (SSSR count). The van der Waals surface area contributed by atoms with Crippen molar-refractivity contribution in [2.24, 2.45) is 0 Å². The van der Waals surface area contributed by atoms with Crippen LogP contribution in [0.15, 0.2) is 48.5 Å². The molecule has 0 aromatic heterocycles. The van der Waals surface area contributed by atoms with Crippen molar-refractivity contribution >= 4 is 13.3 Å². The Morgan fingerprint density at radius 3 is 2.50 bits per heavy atom. The summed E-state index contributed by atoms with van der Waals surface area (Å²) in [5, 5.41) is 0. The Bertz CT molecular complexity index is 471. The van der Waals surface area contributed by atoms with Crippen molar-refractivity contribution in [2.45, 2.75) is 6.61 Å². The van der Waals surface area contributed by atoms with Crippen molar-refractivity contribution in [1.29, 1.82) is 0 Å². The van der Waals surface area contributed by atoms with Gasteiger partial charge in [-0.05, 0) is 11.6 Å². The summed E-state index contributed by atoms with van der Waals surface area (Å²) in [4.78, 5) is 0. The smallest absolute Gasteiger partial charge is 0.122 e. The molecule has 0 N–H and O–H groups in total. The van der Waals surface area contributed by atoms with Gasteiger partial charge >= 0.3 is 0 Å². The number of hydrogen-bond acceptors (Lipinski definition) is 1. The number of ether oxygens (including phenoxy) is 1. The monoisotopic (exact) mass is 212 g/mol. The van der Waals surface area contributed by atoms with Crippen LogP contribution >= 0.6 is 0 Å². The van der Waals surface area contributed by atoms with Gasteiger partial charge in [0.2, 0.25) is 0 Å². The van der Waals surface area contributed by atoms with Gasteiger partial charge in [-0.2, -0.15) is 0 Å². The van der Waals surface area contributed by atoms with Crippen LogP contribution in [0, 0.1) is 5.82 Å². The van der Waals surface area contributed by atoms with E-state index in [2.05, 4.69) is 0 Å². The summed E-state index contributed by atoms with van der Waals surface area (Å²) < 4.78 is 18.5. The van der Waals surface area contributed by atoms with E-state index in [0.29, 0.717) is 12.4 Å². The molecule has 16 heavy (non-hydrogen) atoms. The second-order valence-corrected chi connectivity index (χ2v) is 3.46. The van der Waals surface area contributed by atoms with Crippen molar-refractivity contribution in [3.8, 4) is 5.75 Å². The van der Waals surface area contributed by atoms with Crippen LogP contribution in [-0.4, -0.2) is 7.85 Å². The Morgan fingerprint density at radius 2 is 1.81 bits per heavy atom. The topological polar surface area (TPSA) is 9.23 Å². The Hall–Kier alpha value is -1.77. The summed E-state index contributed by atoms with van der Waals surface area (Å²) in [6, 6.07) is 14.1. The van der Waals surface area contributed by atoms with Crippen molar-refractivity contribution in [3.63, 3.8) is 0 Å². The fourth-order valence-corrected chi connectivity index (χ4v) is 1.34. The Labute approximate surface area is 95.3 Å². The van der Waals surface area contributed by atoms with Gasteiger partial charge in [-0.15, -0.1) is 0 Å². The molecule has 0 spiro atoms. The molecule has 0 aliphatic carbocycles. The Balaban J connectivity index is 2.03. The number of hydrogen-bond donors (Lipinski definition) is 0. The highest BCUT2D eigenvalue weighted by Gasteiger charge is 2.00. The molecule has 0 aliphatic rings. The van der Waals surface area contributed by atoms with Crippen LogP contribution in [0.3, 0.4) is 0 Å². The molecule has 0 heterocycles. The first-order chi connectivity index (χ1) is 7.75. The SMILES string of the molecule is [B]c1ccc(OCc2ccccc2)cc1F. The largest absolute Gasteiger partial charge is 0.489 e. The maximum atomic E-state index is 13.1. The van der Waals surface area contributed by atoms with E-state index in [-0.39, 0.29) is 5.46 Å². The van der Waals surface area contributed by atoms with Gasteiger partial charge in [-0.3, -0.25) is 0 Å². The molecule has 1 nitrogen and oxygen atoms in total. The maximum absolute atomic E-state index is 13.1. The molecule has 0 bridgehead atoms. The molecule has 0 atom stereocenters. The van der Waals surface area contributed by atoms with Gasteiger partial charge in [0.15, 0.2) is 0 Å². The predicted octanol–water partition coefficient (Wildman–Crippen LogP) is 2.20. The van der Waals surface area contributed by atoms with Gasteiger partial charge in [-0.1, -0.05) is 41.9 Å². The van der Waals surface area contributed by atoms with Crippen molar-refractivity contribution < 1.29 is 9.13 Å². The molecule has 2 aromatic rings. The van der Waals surface area contributed by atoms with Crippen LogP contribution in [-0.2, 0) is 6.61 Å². The summed E-state index contributed by atoms with van der Waals surface area (Å²) in [6.45, 7) is 0.421. The zero-order valence-corrected chi connectivity index (χ0v) is 8.69. The number of benzene rings is 2. The van der Waals surface area contributed by atoms with Crippen molar-refractivity contribution in [3.05, 3.63) is 59.9 Å². The average Bonchev–Trinajstić information content (AvgIpc) is 2.32. The highest BCUT2D eigenvalue weighted by molar-refractivity contribution is 6.32. The van der Waals surface area contributed by atoms with Crippen LogP contribution in [0.1, 0.15) is 5.56 Å². The third kappa shape index (κ3) is 2.63. The van der Waals surface area contributed by atoms with Gasteiger partial charge < -0.3 is 4.74 Å². The standard InChI is InChI=1S/C13H10BFO/c14-12-7-6-11(8-13(12)15)16-9-10-4-2-1-3-5-10/h1-8H,9H2. The molecule has 0 amide bonds. The van der Waals surface area contributed by atoms with E-state index in [1.807, 2.05) is 30.3 Å². The summed E-state index contributed by atoms with van der Waals surface area (Å²) in [7, 11) is 5.37. The van der Waals surface area contributed by atoms with E-state index in [1.54, 1.807) is 6.07 Å². The van der Waals surface area contributed by atoms with E-state index in [0.717, 1.165) is 5.56 Å².